The lowest BCUT2D eigenvalue weighted by Crippen LogP contribution is -2.46. The van der Waals surface area contributed by atoms with Gasteiger partial charge in [0.2, 0.25) is 0 Å². The molecule has 94 valence electrons. The molecule has 0 aliphatic carbocycles. The Hall–Kier alpha value is -1.15. The van der Waals surface area contributed by atoms with Crippen LogP contribution in [0.5, 0.6) is 0 Å². The molecule has 0 aromatic rings. The first-order chi connectivity index (χ1) is 7.32. The van der Waals surface area contributed by atoms with Crippen LogP contribution < -0.4 is 10.6 Å². The molecule has 0 saturated carbocycles. The zero-order valence-electron chi connectivity index (χ0n) is 9.10. The van der Waals surface area contributed by atoms with Gasteiger partial charge in [-0.05, 0) is 6.92 Å². The van der Waals surface area contributed by atoms with E-state index in [1.54, 1.807) is 6.92 Å². The summed E-state index contributed by atoms with van der Waals surface area (Å²) in [7, 11) is -1.02. The van der Waals surface area contributed by atoms with Crippen LogP contribution in [-0.4, -0.2) is 57.1 Å². The number of amides is 2. The molecule has 8 heteroatoms. The summed E-state index contributed by atoms with van der Waals surface area (Å²) < 4.78 is 10.8. The lowest BCUT2D eigenvalue weighted by atomic mass is 10.3. The summed E-state index contributed by atoms with van der Waals surface area (Å²) in [5.74, 6) is -1.09. The van der Waals surface area contributed by atoms with Gasteiger partial charge in [0, 0.05) is 28.9 Å². The summed E-state index contributed by atoms with van der Waals surface area (Å²) in [5.41, 5.74) is 0. The number of hydrogen-bond acceptors (Lipinski definition) is 4. The summed E-state index contributed by atoms with van der Waals surface area (Å²) in [6.45, 7) is 1.30. The Bertz CT molecular complexity index is 284. The van der Waals surface area contributed by atoms with Gasteiger partial charge in [0.25, 0.3) is 0 Å². The minimum absolute atomic E-state index is 0.284. The Morgan fingerprint density at radius 2 is 2.00 bits per heavy atom. The zero-order chi connectivity index (χ0) is 12.7. The van der Waals surface area contributed by atoms with E-state index in [1.807, 2.05) is 0 Å². The number of carboxylic acid groups (broad SMARTS) is 1. The second kappa shape index (κ2) is 7.18. The molecule has 3 atom stereocenters. The number of nitrogens with one attached hydrogen (secondary N) is 2. The highest BCUT2D eigenvalue weighted by molar-refractivity contribution is 7.84. The SMILES string of the molecule is CC(CS(C)=O)NC(=O)NC[C@H](O)C(=O)O. The van der Waals surface area contributed by atoms with Crippen molar-refractivity contribution in [3.8, 4) is 0 Å². The Balaban J connectivity index is 3.82. The number of rotatable bonds is 6. The first-order valence-electron chi connectivity index (χ1n) is 4.58. The van der Waals surface area contributed by atoms with Crippen LogP contribution in [0.25, 0.3) is 0 Å². The fraction of sp³-hybridized carbons (Fsp3) is 0.750. The highest BCUT2D eigenvalue weighted by Crippen LogP contribution is 1.86. The maximum atomic E-state index is 11.1. The second-order valence-electron chi connectivity index (χ2n) is 3.35. The minimum atomic E-state index is -1.62. The standard InChI is InChI=1S/C8H16N2O5S/c1-5(4-16(2)15)10-8(14)9-3-6(11)7(12)13/h5-6,11H,3-4H2,1-2H3,(H,12,13)(H2,9,10,14)/t5?,6-,16?/m0/s1. The van der Waals surface area contributed by atoms with Crippen LogP contribution in [-0.2, 0) is 15.6 Å². The molecule has 0 aliphatic heterocycles. The van der Waals surface area contributed by atoms with Crippen LogP contribution >= 0.6 is 0 Å². The summed E-state index contributed by atoms with van der Waals surface area (Å²) in [6, 6.07) is -0.883. The lowest BCUT2D eigenvalue weighted by molar-refractivity contribution is -0.146. The van der Waals surface area contributed by atoms with Crippen LogP contribution in [0, 0.1) is 0 Å². The monoisotopic (exact) mass is 252 g/mol. The molecule has 0 spiro atoms. The molecule has 2 unspecified atom stereocenters. The second-order valence-corrected chi connectivity index (χ2v) is 4.83. The van der Waals surface area contributed by atoms with E-state index in [9.17, 15) is 13.8 Å². The zero-order valence-corrected chi connectivity index (χ0v) is 9.91. The highest BCUT2D eigenvalue weighted by atomic mass is 32.2. The van der Waals surface area contributed by atoms with E-state index in [4.69, 9.17) is 10.2 Å². The van der Waals surface area contributed by atoms with Crippen molar-refractivity contribution in [2.75, 3.05) is 18.6 Å². The van der Waals surface area contributed by atoms with Crippen LogP contribution in [0.4, 0.5) is 4.79 Å². The van der Waals surface area contributed by atoms with Gasteiger partial charge < -0.3 is 20.8 Å². The van der Waals surface area contributed by atoms with Gasteiger partial charge in [-0.2, -0.15) is 0 Å². The molecule has 4 N–H and O–H groups in total. The largest absolute Gasteiger partial charge is 0.479 e. The van der Waals surface area contributed by atoms with Crippen molar-refractivity contribution in [1.29, 1.82) is 0 Å². The Kier molecular flexibility index (Phi) is 6.66. The van der Waals surface area contributed by atoms with Gasteiger partial charge in [-0.25, -0.2) is 9.59 Å². The summed E-state index contributed by atoms with van der Waals surface area (Å²) >= 11 is 0. The van der Waals surface area contributed by atoms with Crippen molar-refractivity contribution >= 4 is 22.8 Å². The number of carbonyl (C=O) groups excluding carboxylic acids is 1. The van der Waals surface area contributed by atoms with Gasteiger partial charge in [-0.15, -0.1) is 0 Å². The average Bonchev–Trinajstić information content (AvgIpc) is 2.12. The van der Waals surface area contributed by atoms with E-state index in [0.717, 1.165) is 0 Å². The topological polar surface area (TPSA) is 116 Å². The first-order valence-corrected chi connectivity index (χ1v) is 6.31. The summed E-state index contributed by atoms with van der Waals surface area (Å²) in [4.78, 5) is 21.4. The molecule has 0 radical (unpaired) electrons. The highest BCUT2D eigenvalue weighted by Gasteiger charge is 2.15. The molecule has 0 bridgehead atoms. The van der Waals surface area contributed by atoms with E-state index in [2.05, 4.69) is 10.6 Å². The van der Waals surface area contributed by atoms with Gasteiger partial charge >= 0.3 is 12.0 Å². The van der Waals surface area contributed by atoms with Crippen molar-refractivity contribution in [1.82, 2.24) is 10.6 Å². The van der Waals surface area contributed by atoms with Gasteiger partial charge in [0.05, 0.1) is 6.54 Å². The molecule has 0 aromatic carbocycles. The average molecular weight is 252 g/mol. The van der Waals surface area contributed by atoms with E-state index in [0.29, 0.717) is 5.75 Å². The molecule has 0 fully saturated rings. The molecule has 0 rings (SSSR count). The maximum absolute atomic E-state index is 11.1. The Morgan fingerprint density at radius 3 is 2.44 bits per heavy atom. The van der Waals surface area contributed by atoms with Gasteiger partial charge in [-0.3, -0.25) is 4.21 Å². The van der Waals surface area contributed by atoms with Crippen LogP contribution in [0.15, 0.2) is 0 Å². The molecule has 16 heavy (non-hydrogen) atoms. The lowest BCUT2D eigenvalue weighted by Gasteiger charge is -2.14. The Labute approximate surface area is 95.7 Å². The van der Waals surface area contributed by atoms with Gasteiger partial charge in [0.15, 0.2) is 6.10 Å². The van der Waals surface area contributed by atoms with Crippen molar-refractivity contribution < 1.29 is 24.0 Å². The molecule has 0 heterocycles. The van der Waals surface area contributed by atoms with E-state index >= 15 is 0 Å². The maximum Gasteiger partial charge on any atom is 0.334 e. The molecular formula is C8H16N2O5S. The summed E-state index contributed by atoms with van der Waals surface area (Å²) in [6.07, 6.45) is -0.106. The van der Waals surface area contributed by atoms with Gasteiger partial charge in [0.1, 0.15) is 0 Å². The van der Waals surface area contributed by atoms with Crippen molar-refractivity contribution in [2.45, 2.75) is 19.1 Å². The minimum Gasteiger partial charge on any atom is -0.479 e. The van der Waals surface area contributed by atoms with Crippen LogP contribution in [0.1, 0.15) is 6.92 Å². The van der Waals surface area contributed by atoms with Crippen molar-refractivity contribution in [3.63, 3.8) is 0 Å². The molecule has 0 saturated heterocycles. The third-order valence-electron chi connectivity index (χ3n) is 1.60. The van der Waals surface area contributed by atoms with Crippen molar-refractivity contribution in [2.24, 2.45) is 0 Å². The number of urea groups is 1. The molecule has 7 nitrogen and oxygen atoms in total. The van der Waals surface area contributed by atoms with E-state index in [-0.39, 0.29) is 12.6 Å². The third-order valence-corrected chi connectivity index (χ3v) is 2.57. The van der Waals surface area contributed by atoms with Crippen LogP contribution in [0.2, 0.25) is 0 Å². The van der Waals surface area contributed by atoms with E-state index < -0.39 is 28.9 Å². The molecule has 0 aliphatic rings. The van der Waals surface area contributed by atoms with E-state index in [1.165, 1.54) is 6.26 Å². The number of hydrogen-bond donors (Lipinski definition) is 4. The first kappa shape index (κ1) is 14.8. The van der Waals surface area contributed by atoms with Crippen LogP contribution in [0.3, 0.4) is 0 Å². The van der Waals surface area contributed by atoms with Crippen molar-refractivity contribution in [3.05, 3.63) is 0 Å². The predicted octanol–water partition coefficient (Wildman–Crippen LogP) is -1.50. The molecule has 2 amide bonds. The predicted molar refractivity (Wildman–Crippen MR) is 58.6 cm³/mol. The smallest absolute Gasteiger partial charge is 0.334 e. The number of carbonyl (C=O) groups is 2. The number of aliphatic hydroxyl groups is 1. The number of aliphatic carboxylic acids is 1. The number of carboxylic acids is 1. The molecule has 0 aromatic heterocycles. The number of aliphatic hydroxyl groups excluding tert-OH is 1. The Morgan fingerprint density at radius 1 is 1.44 bits per heavy atom. The van der Waals surface area contributed by atoms with Gasteiger partial charge in [-0.1, -0.05) is 0 Å². The third kappa shape index (κ3) is 7.18. The molecular weight excluding hydrogens is 236 g/mol. The quantitative estimate of drug-likeness (QED) is 0.459. The fourth-order valence-corrected chi connectivity index (χ4v) is 1.73. The fourth-order valence-electron chi connectivity index (χ4n) is 0.945. The summed E-state index contributed by atoms with van der Waals surface area (Å²) in [5, 5.41) is 21.8. The normalized spacial score (nSPS) is 15.9.